The summed E-state index contributed by atoms with van der Waals surface area (Å²) in [5.41, 5.74) is -0.758. The molecule has 9 nitrogen and oxygen atoms in total. The zero-order chi connectivity index (χ0) is 18.3. The number of carbonyl (C=O) groups is 2. The van der Waals surface area contributed by atoms with Gasteiger partial charge in [-0.05, 0) is 26.8 Å². The van der Waals surface area contributed by atoms with Gasteiger partial charge in [0, 0.05) is 12.1 Å². The lowest BCUT2D eigenvalue weighted by molar-refractivity contribution is -0.385. The number of ether oxygens (including phenoxy) is 3. The highest BCUT2D eigenvalue weighted by molar-refractivity contribution is 5.90. The molecule has 0 atom stereocenters. The van der Waals surface area contributed by atoms with Crippen molar-refractivity contribution in [2.75, 3.05) is 20.3 Å². The number of benzene rings is 1. The van der Waals surface area contributed by atoms with E-state index in [1.165, 1.54) is 19.2 Å². The average Bonchev–Trinajstić information content (AvgIpc) is 2.48. The summed E-state index contributed by atoms with van der Waals surface area (Å²) in [4.78, 5) is 33.5. The summed E-state index contributed by atoms with van der Waals surface area (Å²) in [6, 6.07) is 3.65. The number of nitrogens with one attached hydrogen (secondary N) is 1. The van der Waals surface area contributed by atoms with Gasteiger partial charge in [-0.2, -0.15) is 0 Å². The van der Waals surface area contributed by atoms with E-state index in [-0.39, 0.29) is 30.2 Å². The highest BCUT2D eigenvalue weighted by Gasteiger charge is 2.18. The predicted octanol–water partition coefficient (Wildman–Crippen LogP) is 2.28. The predicted molar refractivity (Wildman–Crippen MR) is 84.2 cm³/mol. The van der Waals surface area contributed by atoms with Gasteiger partial charge in [0.05, 0.1) is 24.1 Å². The maximum absolute atomic E-state index is 11.9. The Kier molecular flexibility index (Phi) is 6.51. The van der Waals surface area contributed by atoms with E-state index in [9.17, 15) is 19.7 Å². The van der Waals surface area contributed by atoms with Crippen molar-refractivity contribution in [1.29, 1.82) is 0 Å². The molecule has 0 aromatic heterocycles. The number of methoxy groups -OCH3 is 1. The monoisotopic (exact) mass is 340 g/mol. The number of carbonyl (C=O) groups excluding carboxylic acids is 2. The second kappa shape index (κ2) is 8.14. The second-order valence-corrected chi connectivity index (χ2v) is 5.71. The van der Waals surface area contributed by atoms with E-state index in [1.54, 1.807) is 20.8 Å². The first kappa shape index (κ1) is 19.2. The number of alkyl carbamates (subject to hydrolysis) is 1. The van der Waals surface area contributed by atoms with Crippen molar-refractivity contribution in [2.45, 2.75) is 26.4 Å². The first-order valence-corrected chi connectivity index (χ1v) is 7.10. The van der Waals surface area contributed by atoms with Crippen molar-refractivity contribution in [3.8, 4) is 5.75 Å². The third-order valence-electron chi connectivity index (χ3n) is 2.62. The normalized spacial score (nSPS) is 10.7. The summed E-state index contributed by atoms with van der Waals surface area (Å²) in [6.45, 7) is 5.19. The first-order chi connectivity index (χ1) is 11.1. The Labute approximate surface area is 139 Å². The SMILES string of the molecule is COc1cc(C(=O)OCCNC(=O)OC(C)(C)C)ccc1[N+](=O)[O-]. The topological polar surface area (TPSA) is 117 Å². The van der Waals surface area contributed by atoms with Crippen LogP contribution in [0.25, 0.3) is 0 Å². The fraction of sp³-hybridized carbons (Fsp3) is 0.467. The maximum Gasteiger partial charge on any atom is 0.407 e. The molecule has 132 valence electrons. The van der Waals surface area contributed by atoms with Crippen LogP contribution in [0, 0.1) is 10.1 Å². The van der Waals surface area contributed by atoms with Gasteiger partial charge in [-0.1, -0.05) is 0 Å². The summed E-state index contributed by atoms with van der Waals surface area (Å²) in [5, 5.41) is 13.2. The number of esters is 1. The molecule has 0 aliphatic rings. The summed E-state index contributed by atoms with van der Waals surface area (Å²) in [5.74, 6) is -0.726. The van der Waals surface area contributed by atoms with E-state index >= 15 is 0 Å². The molecular weight excluding hydrogens is 320 g/mol. The van der Waals surface area contributed by atoms with Crippen LogP contribution in [0.15, 0.2) is 18.2 Å². The fourth-order valence-corrected chi connectivity index (χ4v) is 1.65. The molecule has 24 heavy (non-hydrogen) atoms. The molecule has 0 fully saturated rings. The molecule has 0 aliphatic heterocycles. The van der Waals surface area contributed by atoms with E-state index in [0.717, 1.165) is 6.07 Å². The Morgan fingerprint density at radius 1 is 1.29 bits per heavy atom. The highest BCUT2D eigenvalue weighted by atomic mass is 16.6. The van der Waals surface area contributed by atoms with Crippen LogP contribution in [0.3, 0.4) is 0 Å². The van der Waals surface area contributed by atoms with E-state index in [0.29, 0.717) is 0 Å². The lowest BCUT2D eigenvalue weighted by Gasteiger charge is -2.19. The van der Waals surface area contributed by atoms with Crippen molar-refractivity contribution in [3.63, 3.8) is 0 Å². The second-order valence-electron chi connectivity index (χ2n) is 5.71. The van der Waals surface area contributed by atoms with Gasteiger partial charge < -0.3 is 19.5 Å². The number of hydrogen-bond acceptors (Lipinski definition) is 7. The summed E-state index contributed by atoms with van der Waals surface area (Å²) >= 11 is 0. The van der Waals surface area contributed by atoms with Gasteiger partial charge in [-0.25, -0.2) is 9.59 Å². The van der Waals surface area contributed by atoms with Crippen LogP contribution in [0.5, 0.6) is 5.75 Å². The molecule has 0 heterocycles. The van der Waals surface area contributed by atoms with Crippen LogP contribution in [0.1, 0.15) is 31.1 Å². The number of nitro benzene ring substituents is 1. The van der Waals surface area contributed by atoms with Gasteiger partial charge in [0.15, 0.2) is 5.75 Å². The minimum Gasteiger partial charge on any atom is -0.490 e. The van der Waals surface area contributed by atoms with Gasteiger partial charge in [0.2, 0.25) is 0 Å². The lowest BCUT2D eigenvalue weighted by Crippen LogP contribution is -2.34. The molecule has 0 spiro atoms. The molecule has 0 unspecified atom stereocenters. The lowest BCUT2D eigenvalue weighted by atomic mass is 10.2. The molecule has 1 rings (SSSR count). The van der Waals surface area contributed by atoms with E-state index in [1.807, 2.05) is 0 Å². The number of rotatable bonds is 6. The van der Waals surface area contributed by atoms with Crippen LogP contribution in [0.2, 0.25) is 0 Å². The Morgan fingerprint density at radius 2 is 1.96 bits per heavy atom. The molecular formula is C15H20N2O7. The van der Waals surface area contributed by atoms with Gasteiger partial charge in [-0.3, -0.25) is 10.1 Å². The Hall–Kier alpha value is -2.84. The van der Waals surface area contributed by atoms with Crippen LogP contribution < -0.4 is 10.1 Å². The molecule has 0 saturated carbocycles. The van der Waals surface area contributed by atoms with Crippen LogP contribution in [-0.4, -0.2) is 42.8 Å². The van der Waals surface area contributed by atoms with E-state index in [4.69, 9.17) is 14.2 Å². The summed E-state index contributed by atoms with van der Waals surface area (Å²) in [6.07, 6.45) is -0.615. The molecule has 1 amide bonds. The summed E-state index contributed by atoms with van der Waals surface area (Å²) in [7, 11) is 1.27. The minimum atomic E-state index is -0.686. The van der Waals surface area contributed by atoms with E-state index in [2.05, 4.69) is 5.32 Å². The molecule has 0 bridgehead atoms. The van der Waals surface area contributed by atoms with Gasteiger partial charge in [-0.15, -0.1) is 0 Å². The van der Waals surface area contributed by atoms with Crippen LogP contribution >= 0.6 is 0 Å². The third-order valence-corrected chi connectivity index (χ3v) is 2.62. The van der Waals surface area contributed by atoms with Gasteiger partial charge >= 0.3 is 17.7 Å². The molecule has 1 N–H and O–H groups in total. The number of amides is 1. The molecule has 1 aromatic rings. The highest BCUT2D eigenvalue weighted by Crippen LogP contribution is 2.27. The van der Waals surface area contributed by atoms with Crippen molar-refractivity contribution in [3.05, 3.63) is 33.9 Å². The smallest absolute Gasteiger partial charge is 0.407 e. The van der Waals surface area contributed by atoms with Crippen molar-refractivity contribution in [2.24, 2.45) is 0 Å². The molecule has 0 aliphatic carbocycles. The average molecular weight is 340 g/mol. The maximum atomic E-state index is 11.9. The summed E-state index contributed by atoms with van der Waals surface area (Å²) < 4.78 is 14.9. The molecule has 0 radical (unpaired) electrons. The number of nitrogens with zero attached hydrogens (tertiary/aromatic N) is 1. The Balaban J connectivity index is 2.51. The van der Waals surface area contributed by atoms with Crippen LogP contribution in [0.4, 0.5) is 10.5 Å². The van der Waals surface area contributed by atoms with Gasteiger partial charge in [0.25, 0.3) is 0 Å². The van der Waals surface area contributed by atoms with Crippen molar-refractivity contribution < 1.29 is 28.7 Å². The zero-order valence-corrected chi connectivity index (χ0v) is 14.0. The van der Waals surface area contributed by atoms with Crippen molar-refractivity contribution in [1.82, 2.24) is 5.32 Å². The molecule has 0 saturated heterocycles. The third kappa shape index (κ3) is 6.11. The quantitative estimate of drug-likeness (QED) is 0.365. The van der Waals surface area contributed by atoms with Gasteiger partial charge in [0.1, 0.15) is 12.2 Å². The first-order valence-electron chi connectivity index (χ1n) is 7.10. The van der Waals surface area contributed by atoms with Crippen molar-refractivity contribution >= 4 is 17.7 Å². The Morgan fingerprint density at radius 3 is 2.50 bits per heavy atom. The molecule has 1 aromatic carbocycles. The van der Waals surface area contributed by atoms with Crippen LogP contribution in [-0.2, 0) is 9.47 Å². The standard InChI is InChI=1S/C15H20N2O7/c1-15(2,3)24-14(19)16-7-8-23-13(18)10-5-6-11(17(20)21)12(9-10)22-4/h5-6,9H,7-8H2,1-4H3,(H,16,19). The molecule has 9 heteroatoms. The zero-order valence-electron chi connectivity index (χ0n) is 14.0. The number of nitro groups is 1. The number of hydrogen-bond donors (Lipinski definition) is 1. The Bertz CT molecular complexity index is 623. The fourth-order valence-electron chi connectivity index (χ4n) is 1.65. The van der Waals surface area contributed by atoms with E-state index < -0.39 is 22.6 Å². The largest absolute Gasteiger partial charge is 0.490 e. The minimum absolute atomic E-state index is 0.0404.